The van der Waals surface area contributed by atoms with Crippen molar-refractivity contribution in [2.45, 2.75) is 24.8 Å². The highest BCUT2D eigenvalue weighted by atomic mass is 35.5. The van der Waals surface area contributed by atoms with E-state index in [4.69, 9.17) is 0 Å². The van der Waals surface area contributed by atoms with Crippen LogP contribution in [-0.4, -0.2) is 10.3 Å². The molecule has 4 aromatic rings. The summed E-state index contributed by atoms with van der Waals surface area (Å²) in [6, 6.07) is 42.1. The molecule has 0 unspecified atom stereocenters. The smallest absolute Gasteiger partial charge is 0.233 e. The average Bonchev–Trinajstić information content (AvgIpc) is 2.85. The molecular weight excluding hydrogens is 463 g/mol. The van der Waals surface area contributed by atoms with Crippen LogP contribution in [-0.2, 0) is 10.5 Å². The van der Waals surface area contributed by atoms with E-state index >= 15 is 0 Å². The summed E-state index contributed by atoms with van der Waals surface area (Å²) in [4.78, 5) is 14.0. The third kappa shape index (κ3) is 4.94. The second kappa shape index (κ2) is 11.2. The van der Waals surface area contributed by atoms with Crippen molar-refractivity contribution >= 4 is 40.1 Å². The van der Waals surface area contributed by atoms with Gasteiger partial charge in [0.1, 0.15) is 23.2 Å². The molecule has 0 saturated carbocycles. The van der Waals surface area contributed by atoms with Gasteiger partial charge < -0.3 is 12.4 Å². The van der Waals surface area contributed by atoms with E-state index < -0.39 is 12.4 Å². The molecule has 0 aromatic heterocycles. The Morgan fingerprint density at radius 3 is 1.33 bits per heavy atom. The van der Waals surface area contributed by atoms with Crippen molar-refractivity contribution in [1.82, 2.24) is 0 Å². The first-order valence-corrected chi connectivity index (χ1v) is 13.6. The van der Waals surface area contributed by atoms with Crippen LogP contribution >= 0.6 is 19.0 Å². The molecule has 168 valence electrons. The van der Waals surface area contributed by atoms with Crippen molar-refractivity contribution in [3.8, 4) is 0 Å². The van der Waals surface area contributed by atoms with Crippen LogP contribution in [0.15, 0.2) is 121 Å². The molecule has 0 spiro atoms. The molecule has 0 aliphatic heterocycles. The zero-order chi connectivity index (χ0) is 22.4. The standard InChI is InChI=1S/C29H28OPS.ClH/c1-29(2,28(30)32-23-24-15-7-3-8-16-24)31(25-17-9-4-10-18-25,26-19-11-5-12-20-26)27-21-13-6-14-22-27;/h3-22H,23H2,1-2H3;1H/q+1;/p-1. The largest absolute Gasteiger partial charge is 1.00 e. The molecule has 4 rings (SSSR count). The van der Waals surface area contributed by atoms with Crippen molar-refractivity contribution in [3.63, 3.8) is 0 Å². The van der Waals surface area contributed by atoms with Crippen molar-refractivity contribution in [1.29, 1.82) is 0 Å². The van der Waals surface area contributed by atoms with Crippen LogP contribution in [0.3, 0.4) is 0 Å². The predicted octanol–water partition coefficient (Wildman–Crippen LogP) is 3.22. The molecule has 0 radical (unpaired) electrons. The number of benzene rings is 4. The van der Waals surface area contributed by atoms with E-state index in [9.17, 15) is 4.79 Å². The lowest BCUT2D eigenvalue weighted by molar-refractivity contribution is -0.112. The van der Waals surface area contributed by atoms with Crippen LogP contribution in [0.4, 0.5) is 0 Å². The molecular formula is C29H28ClOPS. The Morgan fingerprint density at radius 1 is 0.636 bits per heavy atom. The molecule has 0 N–H and O–H groups in total. The fraction of sp³-hybridized carbons (Fsp3) is 0.138. The average molecular weight is 491 g/mol. The topological polar surface area (TPSA) is 17.1 Å². The second-order valence-corrected chi connectivity index (χ2v) is 13.3. The molecule has 0 aliphatic rings. The fourth-order valence-corrected chi connectivity index (χ4v) is 10.8. The number of carbonyl (C=O) groups is 1. The maximum absolute atomic E-state index is 14.0. The Bertz CT molecular complexity index is 1050. The molecule has 0 amide bonds. The Balaban J connectivity index is 0.00000306. The monoisotopic (exact) mass is 490 g/mol. The first kappa shape index (κ1) is 25.2. The van der Waals surface area contributed by atoms with E-state index in [-0.39, 0.29) is 17.5 Å². The Hall–Kier alpha value is -2.38. The summed E-state index contributed by atoms with van der Waals surface area (Å²) < 4.78 is 0. The van der Waals surface area contributed by atoms with Gasteiger partial charge in [-0.1, -0.05) is 96.7 Å². The van der Waals surface area contributed by atoms with Crippen molar-refractivity contribution in [2.75, 3.05) is 0 Å². The SMILES string of the molecule is CC(C)(C(=O)SCc1ccccc1)[P+](c1ccccc1)(c1ccccc1)c1ccccc1.[Cl-]. The lowest BCUT2D eigenvalue weighted by atomic mass is 10.2. The number of thioether (sulfide) groups is 1. The van der Waals surface area contributed by atoms with Crippen molar-refractivity contribution in [3.05, 3.63) is 127 Å². The normalized spacial score (nSPS) is 11.5. The van der Waals surface area contributed by atoms with Gasteiger partial charge in [-0.05, 0) is 55.8 Å². The van der Waals surface area contributed by atoms with Crippen LogP contribution in [0, 0.1) is 0 Å². The summed E-state index contributed by atoms with van der Waals surface area (Å²) >= 11 is 1.44. The summed E-state index contributed by atoms with van der Waals surface area (Å²) in [5, 5.41) is 3.32. The van der Waals surface area contributed by atoms with Gasteiger partial charge in [0.25, 0.3) is 0 Å². The summed E-state index contributed by atoms with van der Waals surface area (Å²) in [7, 11) is -2.30. The molecule has 0 fully saturated rings. The minimum absolute atomic E-state index is 0. The fourth-order valence-electron chi connectivity index (χ4n) is 4.41. The molecule has 0 heterocycles. The van der Waals surface area contributed by atoms with Gasteiger partial charge in [-0.15, -0.1) is 0 Å². The number of halogens is 1. The highest BCUT2D eigenvalue weighted by molar-refractivity contribution is 8.15. The zero-order valence-corrected chi connectivity index (χ0v) is 21.4. The minimum Gasteiger partial charge on any atom is -1.00 e. The highest BCUT2D eigenvalue weighted by Gasteiger charge is 2.61. The molecule has 0 aliphatic carbocycles. The van der Waals surface area contributed by atoms with Gasteiger partial charge in [-0.3, -0.25) is 4.79 Å². The van der Waals surface area contributed by atoms with Gasteiger partial charge >= 0.3 is 0 Å². The lowest BCUT2D eigenvalue weighted by Gasteiger charge is -2.39. The zero-order valence-electron chi connectivity index (χ0n) is 18.9. The Kier molecular flexibility index (Phi) is 8.54. The predicted molar refractivity (Wildman–Crippen MR) is 142 cm³/mol. The van der Waals surface area contributed by atoms with Gasteiger partial charge in [-0.2, -0.15) is 0 Å². The maximum Gasteiger partial charge on any atom is 0.233 e. The van der Waals surface area contributed by atoms with Crippen molar-refractivity contribution < 1.29 is 17.2 Å². The first-order chi connectivity index (χ1) is 15.6. The Labute approximate surface area is 208 Å². The molecule has 4 aromatic carbocycles. The molecule has 1 nitrogen and oxygen atoms in total. The van der Waals surface area contributed by atoms with Crippen LogP contribution < -0.4 is 28.3 Å². The quantitative estimate of drug-likeness (QED) is 0.370. The second-order valence-electron chi connectivity index (χ2n) is 8.30. The molecule has 0 saturated heterocycles. The third-order valence-electron chi connectivity index (χ3n) is 5.98. The summed E-state index contributed by atoms with van der Waals surface area (Å²) in [5.41, 5.74) is 1.17. The molecule has 0 atom stereocenters. The van der Waals surface area contributed by atoms with E-state index in [0.717, 1.165) is 0 Å². The van der Waals surface area contributed by atoms with Crippen LogP contribution in [0.5, 0.6) is 0 Å². The van der Waals surface area contributed by atoms with Gasteiger partial charge in [0.05, 0.1) is 0 Å². The highest BCUT2D eigenvalue weighted by Crippen LogP contribution is 2.66. The van der Waals surface area contributed by atoms with Gasteiger partial charge in [0.15, 0.2) is 5.16 Å². The first-order valence-electron chi connectivity index (χ1n) is 10.8. The summed E-state index contributed by atoms with van der Waals surface area (Å²) in [6.45, 7) is 4.29. The third-order valence-corrected chi connectivity index (χ3v) is 12.5. The van der Waals surface area contributed by atoms with E-state index in [1.54, 1.807) is 0 Å². The van der Waals surface area contributed by atoms with Gasteiger partial charge in [0.2, 0.25) is 5.12 Å². The number of rotatable bonds is 7. The number of hydrogen-bond donors (Lipinski definition) is 0. The van der Waals surface area contributed by atoms with Crippen LogP contribution in [0.2, 0.25) is 0 Å². The van der Waals surface area contributed by atoms with Crippen LogP contribution in [0.1, 0.15) is 19.4 Å². The van der Waals surface area contributed by atoms with E-state index in [1.807, 2.05) is 36.4 Å². The molecule has 4 heteroatoms. The van der Waals surface area contributed by atoms with Crippen molar-refractivity contribution in [2.24, 2.45) is 0 Å². The minimum atomic E-state index is -2.30. The van der Waals surface area contributed by atoms with Gasteiger partial charge in [0, 0.05) is 5.75 Å². The molecule has 33 heavy (non-hydrogen) atoms. The van der Waals surface area contributed by atoms with Gasteiger partial charge in [-0.25, -0.2) is 0 Å². The maximum atomic E-state index is 14.0. The van der Waals surface area contributed by atoms with E-state index in [0.29, 0.717) is 5.75 Å². The summed E-state index contributed by atoms with van der Waals surface area (Å²) in [6.07, 6.45) is 0. The van der Waals surface area contributed by atoms with E-state index in [2.05, 4.69) is 98.8 Å². The number of carbonyl (C=O) groups excluding carboxylic acids is 1. The number of hydrogen-bond acceptors (Lipinski definition) is 2. The lowest BCUT2D eigenvalue weighted by Crippen LogP contribution is -3.00. The van der Waals surface area contributed by atoms with E-state index in [1.165, 1.54) is 33.2 Å². The summed E-state index contributed by atoms with van der Waals surface area (Å²) in [5.74, 6) is 0.682. The molecule has 0 bridgehead atoms. The Morgan fingerprint density at radius 2 is 0.970 bits per heavy atom. The van der Waals surface area contributed by atoms with Crippen LogP contribution in [0.25, 0.3) is 0 Å².